The minimum atomic E-state index is -0.286. The van der Waals surface area contributed by atoms with E-state index in [0.717, 1.165) is 41.6 Å². The third-order valence-electron chi connectivity index (χ3n) is 7.90. The molecule has 184 valence electrons. The number of aliphatic hydroxyl groups excluding tert-OH is 1. The molecular formula is C33H31N2O2+. The summed E-state index contributed by atoms with van der Waals surface area (Å²) in [5.41, 5.74) is 7.14. The zero-order valence-electron chi connectivity index (χ0n) is 21.5. The Labute approximate surface area is 217 Å². The van der Waals surface area contributed by atoms with Gasteiger partial charge in [0, 0.05) is 53.8 Å². The van der Waals surface area contributed by atoms with Gasteiger partial charge in [0.2, 0.25) is 11.5 Å². The zero-order chi connectivity index (χ0) is 25.7. The van der Waals surface area contributed by atoms with Gasteiger partial charge >= 0.3 is 0 Å². The minimum absolute atomic E-state index is 0.0878. The molecule has 0 fully saturated rings. The second kappa shape index (κ2) is 8.74. The third kappa shape index (κ3) is 3.67. The van der Waals surface area contributed by atoms with E-state index in [9.17, 15) is 9.90 Å². The molecule has 2 aliphatic rings. The Morgan fingerprint density at radius 1 is 0.946 bits per heavy atom. The van der Waals surface area contributed by atoms with Crippen LogP contribution in [0.3, 0.4) is 0 Å². The van der Waals surface area contributed by atoms with Crippen LogP contribution in [0, 0.1) is 0 Å². The number of ketones is 1. The van der Waals surface area contributed by atoms with Crippen LogP contribution >= 0.6 is 0 Å². The van der Waals surface area contributed by atoms with Crippen molar-refractivity contribution in [3.63, 3.8) is 0 Å². The molecule has 6 rings (SSSR count). The fourth-order valence-corrected chi connectivity index (χ4v) is 5.91. The number of para-hydroxylation sites is 2. The van der Waals surface area contributed by atoms with Crippen molar-refractivity contribution >= 4 is 33.7 Å². The fraction of sp³-hybridized carbons (Fsp3) is 0.212. The summed E-state index contributed by atoms with van der Waals surface area (Å²) in [6, 6.07) is 27.0. The van der Waals surface area contributed by atoms with Crippen molar-refractivity contribution in [3.8, 4) is 0 Å². The number of Topliss-reactive ketones (excluding diaryl/α,β-unsaturated/α-hetero) is 1. The van der Waals surface area contributed by atoms with Crippen molar-refractivity contribution < 1.29 is 14.5 Å². The molecule has 1 aliphatic carbocycles. The third-order valence-corrected chi connectivity index (χ3v) is 7.90. The molecule has 3 aromatic carbocycles. The lowest BCUT2D eigenvalue weighted by molar-refractivity contribution is -0.438. The minimum Gasteiger partial charge on any atom is -0.506 e. The second-order valence-corrected chi connectivity index (χ2v) is 10.5. The van der Waals surface area contributed by atoms with Crippen LogP contribution in [0.5, 0.6) is 0 Å². The van der Waals surface area contributed by atoms with Crippen molar-refractivity contribution in [2.75, 3.05) is 6.54 Å². The number of allylic oxidation sites excluding steroid dienone is 3. The van der Waals surface area contributed by atoms with E-state index in [4.69, 9.17) is 0 Å². The van der Waals surface area contributed by atoms with Gasteiger partial charge in [-0.3, -0.25) is 4.79 Å². The van der Waals surface area contributed by atoms with E-state index in [0.29, 0.717) is 11.1 Å². The predicted octanol–water partition coefficient (Wildman–Crippen LogP) is 6.67. The summed E-state index contributed by atoms with van der Waals surface area (Å²) in [7, 11) is 1.96. The average molecular weight is 488 g/mol. The van der Waals surface area contributed by atoms with Gasteiger partial charge < -0.3 is 9.67 Å². The van der Waals surface area contributed by atoms with Crippen molar-refractivity contribution in [1.29, 1.82) is 0 Å². The van der Waals surface area contributed by atoms with Crippen molar-refractivity contribution in [1.82, 2.24) is 4.57 Å². The van der Waals surface area contributed by atoms with Crippen LogP contribution in [-0.2, 0) is 23.7 Å². The summed E-state index contributed by atoms with van der Waals surface area (Å²) >= 11 is 0. The maximum atomic E-state index is 13.5. The van der Waals surface area contributed by atoms with Crippen LogP contribution in [0.25, 0.3) is 16.5 Å². The Hall–Kier alpha value is -4.18. The van der Waals surface area contributed by atoms with Gasteiger partial charge in [0.1, 0.15) is 12.3 Å². The Kier molecular flexibility index (Phi) is 5.49. The van der Waals surface area contributed by atoms with E-state index in [1.807, 2.05) is 54.2 Å². The lowest BCUT2D eigenvalue weighted by atomic mass is 9.77. The number of carbonyl (C=O) groups excluding carboxylic acids is 1. The number of aliphatic hydroxyl groups is 1. The molecule has 0 radical (unpaired) electrons. The Bertz CT molecular complexity index is 1650. The number of nitrogens with zero attached hydrogens (tertiary/aromatic N) is 2. The molecule has 1 N–H and O–H groups in total. The van der Waals surface area contributed by atoms with Gasteiger partial charge in [0.05, 0.1) is 16.6 Å². The van der Waals surface area contributed by atoms with Gasteiger partial charge in [-0.2, -0.15) is 4.58 Å². The Balaban J connectivity index is 1.40. The summed E-state index contributed by atoms with van der Waals surface area (Å²) in [6.07, 6.45) is 5.83. The first kappa shape index (κ1) is 23.2. The molecule has 0 atom stereocenters. The summed E-state index contributed by atoms with van der Waals surface area (Å²) in [4.78, 5) is 13.5. The van der Waals surface area contributed by atoms with Gasteiger partial charge in [-0.15, -0.1) is 0 Å². The smallest absolute Gasteiger partial charge is 0.209 e. The number of rotatable bonds is 6. The predicted molar refractivity (Wildman–Crippen MR) is 150 cm³/mol. The number of hydrogen-bond donors (Lipinski definition) is 1. The number of aryl methyl sites for hydroxylation is 2. The van der Waals surface area contributed by atoms with E-state index in [1.165, 1.54) is 16.8 Å². The number of hydrogen-bond acceptors (Lipinski definition) is 2. The average Bonchev–Trinajstić information content (AvgIpc) is 3.34. The number of fused-ring (bicyclic) bond motifs is 2. The Morgan fingerprint density at radius 2 is 1.65 bits per heavy atom. The first-order chi connectivity index (χ1) is 17.9. The molecule has 37 heavy (non-hydrogen) atoms. The van der Waals surface area contributed by atoms with E-state index in [2.05, 4.69) is 67.0 Å². The first-order valence-corrected chi connectivity index (χ1v) is 12.9. The van der Waals surface area contributed by atoms with Crippen LogP contribution in [-0.4, -0.2) is 32.3 Å². The van der Waals surface area contributed by atoms with Gasteiger partial charge in [-0.05, 0) is 31.9 Å². The molecule has 1 aromatic heterocycles. The van der Waals surface area contributed by atoms with E-state index in [1.54, 1.807) is 0 Å². The van der Waals surface area contributed by atoms with Crippen molar-refractivity contribution in [2.24, 2.45) is 7.05 Å². The topological polar surface area (TPSA) is 45.2 Å². The molecule has 0 saturated heterocycles. The SMILES string of the molecule is Cn1cc(C2=C(O)C(=CC3=[N+](CCCc4ccccc4)c4ccccc4C3(C)C)C2=O)c2ccccc21. The highest BCUT2D eigenvalue weighted by Gasteiger charge is 2.46. The van der Waals surface area contributed by atoms with Crippen molar-refractivity contribution in [2.45, 2.75) is 32.1 Å². The molecule has 0 amide bonds. The van der Waals surface area contributed by atoms with Gasteiger partial charge in [-0.1, -0.05) is 66.7 Å². The van der Waals surface area contributed by atoms with E-state index < -0.39 is 0 Å². The maximum absolute atomic E-state index is 13.5. The lowest BCUT2D eigenvalue weighted by Crippen LogP contribution is -2.31. The zero-order valence-corrected chi connectivity index (χ0v) is 21.5. The maximum Gasteiger partial charge on any atom is 0.209 e. The lowest BCUT2D eigenvalue weighted by Gasteiger charge is -2.22. The van der Waals surface area contributed by atoms with Gasteiger partial charge in [0.25, 0.3) is 0 Å². The number of carbonyl (C=O) groups is 1. The van der Waals surface area contributed by atoms with Crippen molar-refractivity contribution in [3.05, 3.63) is 119 Å². The molecule has 0 unspecified atom stereocenters. The summed E-state index contributed by atoms with van der Waals surface area (Å²) < 4.78 is 4.33. The molecule has 4 heteroatoms. The quantitative estimate of drug-likeness (QED) is 0.244. The fourth-order valence-electron chi connectivity index (χ4n) is 5.91. The molecule has 0 spiro atoms. The summed E-state index contributed by atoms with van der Waals surface area (Å²) in [6.45, 7) is 5.24. The van der Waals surface area contributed by atoms with Gasteiger partial charge in [-0.25, -0.2) is 0 Å². The highest BCUT2D eigenvalue weighted by atomic mass is 16.3. The Morgan fingerprint density at radius 3 is 2.43 bits per heavy atom. The van der Waals surface area contributed by atoms with Crippen LogP contribution in [0.1, 0.15) is 37.0 Å². The number of aromatic nitrogens is 1. The van der Waals surface area contributed by atoms with Gasteiger partial charge in [0.15, 0.2) is 5.71 Å². The molecule has 0 bridgehead atoms. The van der Waals surface area contributed by atoms with Crippen LogP contribution < -0.4 is 0 Å². The molecular weight excluding hydrogens is 456 g/mol. The monoisotopic (exact) mass is 487 g/mol. The largest absolute Gasteiger partial charge is 0.506 e. The summed E-state index contributed by atoms with van der Waals surface area (Å²) in [5, 5.41) is 12.1. The van der Waals surface area contributed by atoms with Crippen LogP contribution in [0.15, 0.2) is 102 Å². The summed E-state index contributed by atoms with van der Waals surface area (Å²) in [5.74, 6) is -0.0119. The highest BCUT2D eigenvalue weighted by Crippen LogP contribution is 2.43. The van der Waals surface area contributed by atoms with E-state index >= 15 is 0 Å². The normalized spacial score (nSPS) is 17.6. The van der Waals surface area contributed by atoms with E-state index in [-0.39, 0.29) is 17.0 Å². The second-order valence-electron chi connectivity index (χ2n) is 10.5. The molecule has 4 nitrogen and oxygen atoms in total. The highest BCUT2D eigenvalue weighted by molar-refractivity contribution is 6.41. The number of benzene rings is 3. The molecule has 2 heterocycles. The first-order valence-electron chi connectivity index (χ1n) is 12.9. The van der Waals surface area contributed by atoms with Crippen LogP contribution in [0.2, 0.25) is 0 Å². The molecule has 1 aliphatic heterocycles. The standard InChI is InChI=1S/C33H30N2O2/c1-33(2)26-16-8-10-18-28(26)35(19-11-14-22-12-5-4-6-13-22)29(33)20-24-31(36)30(32(24)37)25-21-34(3)27-17-9-7-15-23(25)27/h4-10,12-13,15-18,20-21H,11,14,19H2,1-3H3/p+1. The molecule has 4 aromatic rings. The van der Waals surface area contributed by atoms with Crippen LogP contribution in [0.4, 0.5) is 5.69 Å². The molecule has 0 saturated carbocycles.